The molecule has 4 aliphatic rings. The van der Waals surface area contributed by atoms with Crippen molar-refractivity contribution >= 4 is 47.1 Å². The van der Waals surface area contributed by atoms with Crippen molar-refractivity contribution in [2.75, 3.05) is 125 Å². The van der Waals surface area contributed by atoms with Crippen molar-refractivity contribution in [2.24, 2.45) is 29.1 Å². The first-order chi connectivity index (χ1) is 54.9. The van der Waals surface area contributed by atoms with Crippen LogP contribution >= 0.6 is 0 Å². The zero-order valence-corrected chi connectivity index (χ0v) is 71.9. The van der Waals surface area contributed by atoms with E-state index in [1.165, 1.54) is 0 Å². The maximum Gasteiger partial charge on any atom is 0.222 e. The van der Waals surface area contributed by atoms with Crippen LogP contribution in [0.15, 0.2) is 0 Å². The van der Waals surface area contributed by atoms with E-state index in [1.807, 2.05) is 0 Å². The van der Waals surface area contributed by atoms with Crippen LogP contribution in [0, 0.1) is 43.1 Å². The van der Waals surface area contributed by atoms with Gasteiger partial charge in [0.2, 0.25) is 41.4 Å². The standard InChI is InChI=1S/C79H142N7O26.CH3O.Y/c1-6-24-58-45-54(2)47-86(58)69(97)29-14-12-10-8-7-9-11-13-25-59(90)46-79(51-104-42-30-66(94)83-36-21-33-80-63(91)26-15-18-39-107-76-55(3)70(98)73(101)60(48-87)110-76,52-105-43-31-67(95)84-37-22-34-81-64(92)27-16-19-40-108-77-56(4)71(99)74(102)61(49-88)111-77)53-106-44-32-68(96)85-38-23-35-82-65(93)28-17-20-41-109-78-57(5)72(100)75(103)62(50-89)112-78;1-2;/h54-58,60-62,70-78,87-89,98-103H,1,6-53H2,2-5H3,(H,80,91)(H,81,92)(H,82,93)(H,83,94)(H,84,95)(H,85,96);2H,1H2;/q2*-1;/t54-,55?,56?,57?,58-,60?,61?,62?,70?,71?,72?,73?,74?,75?,76?,77?,78?,79?;;/m1../s1. The molecular formula is C80H145N7O27Y-2. The molecule has 15 unspecified atom stereocenters. The Morgan fingerprint density at radius 2 is 0.696 bits per heavy atom. The molecule has 4 aliphatic heterocycles. The predicted octanol–water partition coefficient (Wildman–Crippen LogP) is 1.71. The molecule has 0 aromatic heterocycles. The Hall–Kier alpha value is -3.70. The number of hydrogen-bond acceptors (Lipinski definition) is 27. The smallest absolute Gasteiger partial charge is 0.222 e. The zero-order valence-electron chi connectivity index (χ0n) is 69.1. The molecule has 115 heavy (non-hydrogen) atoms. The van der Waals surface area contributed by atoms with Crippen LogP contribution in [0.4, 0.5) is 0 Å². The summed E-state index contributed by atoms with van der Waals surface area (Å²) in [7, 11) is 2.25. The molecule has 35 heteroatoms. The molecule has 0 saturated carbocycles. The number of aliphatic hydroxyl groups excluding tert-OH is 10. The minimum Gasteiger partial charge on any atom is -0.569 e. The summed E-state index contributed by atoms with van der Waals surface area (Å²) in [5.74, 6) is -2.34. The van der Waals surface area contributed by atoms with E-state index in [4.69, 9.17) is 47.7 Å². The molecule has 1 radical (unpaired) electrons. The SMILES string of the molecule is [CH2-]CC[C@@H]1C[C@@H](C)CN1C(=O)CCCCCCCCCCC(=O)CC(COCCC(=O)NCCCNC(=O)CCCCOC1OC(CO)C(O)C(O)C1C)(COCCC(=O)NCCCNC(=O)CCCCOC1OC(CO)C(O)C(O)C1C)COCCC(=O)NCCCNC(=O)CCCCOC1OC(CO)C(O)C(O)C1C.[CH2-]O.[Y]. The average Bonchev–Trinajstić information content (AvgIpc) is 1.74. The van der Waals surface area contributed by atoms with E-state index in [0.717, 1.165) is 70.8 Å². The second-order valence-electron chi connectivity index (χ2n) is 31.0. The first-order valence-corrected chi connectivity index (χ1v) is 41.8. The molecular weight excluding hydrogens is 1580 g/mol. The maximum absolute atomic E-state index is 14.1. The summed E-state index contributed by atoms with van der Waals surface area (Å²) in [5.41, 5.74) is -1.12. The van der Waals surface area contributed by atoms with Crippen molar-refractivity contribution in [3.05, 3.63) is 14.0 Å². The number of amides is 7. The summed E-state index contributed by atoms with van der Waals surface area (Å²) < 4.78 is 52.6. The summed E-state index contributed by atoms with van der Waals surface area (Å²) >= 11 is 0. The largest absolute Gasteiger partial charge is 0.569 e. The van der Waals surface area contributed by atoms with Crippen molar-refractivity contribution < 1.29 is 165 Å². The number of unbranched alkanes of at least 4 members (excludes halogenated alkanes) is 10. The Kier molecular flexibility index (Phi) is 59.9. The van der Waals surface area contributed by atoms with Gasteiger partial charge in [0.15, 0.2) is 18.9 Å². The Morgan fingerprint density at radius 1 is 0.400 bits per heavy atom. The minimum absolute atomic E-state index is 0. The number of Topliss-reactive ketones (excluding diaryl/α,β-unsaturated/α-hetero) is 1. The van der Waals surface area contributed by atoms with E-state index < -0.39 is 117 Å². The number of rotatable bonds is 63. The number of nitrogens with zero attached hydrogens (tertiary/aromatic N) is 1. The van der Waals surface area contributed by atoms with Gasteiger partial charge in [0, 0.05) is 185 Å². The van der Waals surface area contributed by atoms with Crippen molar-refractivity contribution in [1.29, 1.82) is 0 Å². The van der Waals surface area contributed by atoms with Crippen LogP contribution < -0.4 is 31.9 Å². The molecule has 4 heterocycles. The van der Waals surface area contributed by atoms with E-state index in [-0.39, 0.29) is 210 Å². The van der Waals surface area contributed by atoms with Crippen LogP contribution in [0.25, 0.3) is 0 Å². The van der Waals surface area contributed by atoms with E-state index in [2.05, 4.69) is 57.8 Å². The molecule has 0 aromatic rings. The number of carbonyl (C=O) groups is 8. The van der Waals surface area contributed by atoms with Crippen LogP contribution in [0.2, 0.25) is 0 Å². The van der Waals surface area contributed by atoms with E-state index in [0.29, 0.717) is 102 Å². The first kappa shape index (κ1) is 107. The maximum atomic E-state index is 14.1. The van der Waals surface area contributed by atoms with Crippen molar-refractivity contribution in [1.82, 2.24) is 36.8 Å². The summed E-state index contributed by atoms with van der Waals surface area (Å²) in [6.45, 7) is 12.7. The summed E-state index contributed by atoms with van der Waals surface area (Å²) in [6, 6.07) is 0.300. The summed E-state index contributed by atoms with van der Waals surface area (Å²) in [4.78, 5) is 106. The van der Waals surface area contributed by atoms with Crippen LogP contribution in [-0.4, -0.2) is 308 Å². The number of ketones is 1. The third-order valence-corrected chi connectivity index (χ3v) is 21.1. The van der Waals surface area contributed by atoms with Gasteiger partial charge in [-0.1, -0.05) is 72.6 Å². The third kappa shape index (κ3) is 44.1. The molecule has 0 spiro atoms. The van der Waals surface area contributed by atoms with E-state index in [1.54, 1.807) is 20.8 Å². The molecule has 667 valence electrons. The van der Waals surface area contributed by atoms with Gasteiger partial charge in [-0.2, -0.15) is 6.42 Å². The average molecular weight is 1730 g/mol. The summed E-state index contributed by atoms with van der Waals surface area (Å²) in [5, 5.41) is 113. The topological polar surface area (TPSA) is 497 Å². The molecule has 4 fully saturated rings. The molecule has 4 rings (SSSR count). The van der Waals surface area contributed by atoms with Gasteiger partial charge in [-0.05, 0) is 83.0 Å². The zero-order chi connectivity index (χ0) is 84.1. The van der Waals surface area contributed by atoms with Gasteiger partial charge >= 0.3 is 0 Å². The Morgan fingerprint density at radius 3 is 1.01 bits per heavy atom. The van der Waals surface area contributed by atoms with Gasteiger partial charge in [-0.15, -0.1) is 0 Å². The minimum atomic E-state index is -1.23. The van der Waals surface area contributed by atoms with Crippen molar-refractivity contribution in [3.8, 4) is 0 Å². The second kappa shape index (κ2) is 64.2. The Bertz CT molecular complexity index is 2420. The number of nitrogens with one attached hydrogen (secondary N) is 6. The fraction of sp³-hybridized carbons (Fsp3) is 0.875. The molecule has 4 saturated heterocycles. The number of ether oxygens (including phenoxy) is 9. The third-order valence-electron chi connectivity index (χ3n) is 21.1. The quantitative estimate of drug-likeness (QED) is 0.0304. The van der Waals surface area contributed by atoms with Gasteiger partial charge in [0.25, 0.3) is 0 Å². The first-order valence-electron chi connectivity index (χ1n) is 41.8. The summed E-state index contributed by atoms with van der Waals surface area (Å²) in [6.07, 6.45) is 3.52. The molecule has 17 atom stereocenters. The Balaban J connectivity index is 0.0000148. The monoisotopic (exact) mass is 1720 g/mol. The van der Waals surface area contributed by atoms with E-state index >= 15 is 0 Å². The fourth-order valence-electron chi connectivity index (χ4n) is 14.1. The molecule has 0 bridgehead atoms. The fourth-order valence-corrected chi connectivity index (χ4v) is 14.1. The van der Waals surface area contributed by atoms with Gasteiger partial charge < -0.3 is 137 Å². The Labute approximate surface area is 706 Å². The van der Waals surface area contributed by atoms with Gasteiger partial charge in [0.1, 0.15) is 42.4 Å². The number of aliphatic hydroxyl groups is 10. The normalized spacial score (nSPS) is 25.8. The van der Waals surface area contributed by atoms with Crippen LogP contribution in [0.1, 0.15) is 214 Å². The number of hydrogen-bond donors (Lipinski definition) is 16. The molecule has 34 nitrogen and oxygen atoms in total. The molecule has 0 aromatic carbocycles. The number of carbonyl (C=O) groups excluding carboxylic acids is 8. The van der Waals surface area contributed by atoms with Crippen LogP contribution in [0.3, 0.4) is 0 Å². The predicted molar refractivity (Wildman–Crippen MR) is 418 cm³/mol. The van der Waals surface area contributed by atoms with Crippen molar-refractivity contribution in [3.63, 3.8) is 0 Å². The van der Waals surface area contributed by atoms with Crippen LogP contribution in [-0.2, 0) is 114 Å². The van der Waals surface area contributed by atoms with Crippen molar-refractivity contribution in [2.45, 2.75) is 294 Å². The number of likely N-dealkylation sites (tertiary alicyclic amines) is 1. The second-order valence-corrected chi connectivity index (χ2v) is 31.0. The molecule has 0 aliphatic carbocycles. The van der Waals surface area contributed by atoms with Gasteiger partial charge in [-0.3, -0.25) is 38.4 Å². The van der Waals surface area contributed by atoms with Gasteiger partial charge in [0.05, 0.1) is 77.8 Å². The molecule has 7 amide bonds. The van der Waals surface area contributed by atoms with E-state index in [9.17, 15) is 84.3 Å². The van der Waals surface area contributed by atoms with Gasteiger partial charge in [-0.25, -0.2) is 7.11 Å². The van der Waals surface area contributed by atoms with Crippen LogP contribution in [0.5, 0.6) is 0 Å². The molecule has 16 N–H and O–H groups in total.